The van der Waals surface area contributed by atoms with Crippen LogP contribution in [0.3, 0.4) is 0 Å². The van der Waals surface area contributed by atoms with Crippen molar-refractivity contribution in [1.29, 1.82) is 0 Å². The van der Waals surface area contributed by atoms with Crippen molar-refractivity contribution in [2.45, 2.75) is 38.8 Å². The van der Waals surface area contributed by atoms with Crippen molar-refractivity contribution in [2.24, 2.45) is 0 Å². The quantitative estimate of drug-likeness (QED) is 0.759. The van der Waals surface area contributed by atoms with Crippen molar-refractivity contribution in [1.82, 2.24) is 10.2 Å². The Hall–Kier alpha value is -1.35. The van der Waals surface area contributed by atoms with E-state index in [1.807, 2.05) is 7.05 Å². The third-order valence-corrected chi connectivity index (χ3v) is 3.60. The highest BCUT2D eigenvalue weighted by Crippen LogP contribution is 2.15. The molecule has 3 rings (SSSR count). The molecular weight excluding hydrogens is 224 g/mol. The van der Waals surface area contributed by atoms with Crippen LogP contribution in [0.1, 0.15) is 30.9 Å². The van der Waals surface area contributed by atoms with Gasteiger partial charge in [0.2, 0.25) is 5.91 Å². The van der Waals surface area contributed by atoms with Crippen LogP contribution in [0, 0.1) is 0 Å². The molecule has 0 radical (unpaired) electrons. The summed E-state index contributed by atoms with van der Waals surface area (Å²) in [6, 6.07) is 9.30. The maximum absolute atomic E-state index is 10.5. The minimum absolute atomic E-state index is 0.292. The van der Waals surface area contributed by atoms with Crippen LogP contribution < -0.4 is 5.32 Å². The van der Waals surface area contributed by atoms with Crippen LogP contribution in [0.4, 0.5) is 0 Å². The van der Waals surface area contributed by atoms with Gasteiger partial charge in [0, 0.05) is 32.6 Å². The molecular formula is C15H22N2O. The maximum Gasteiger partial charge on any atom is 0.222 e. The number of benzene rings is 1. The lowest BCUT2D eigenvalue weighted by atomic mass is 9.97. The molecule has 1 saturated heterocycles. The number of carbonyl (C=O) groups is 1. The summed E-state index contributed by atoms with van der Waals surface area (Å²) in [5, 5.41) is 3.44. The summed E-state index contributed by atoms with van der Waals surface area (Å²) in [4.78, 5) is 12.3. The third kappa shape index (κ3) is 3.33. The highest BCUT2D eigenvalue weighted by molar-refractivity contribution is 5.77. The van der Waals surface area contributed by atoms with Crippen LogP contribution in [-0.2, 0) is 17.8 Å². The van der Waals surface area contributed by atoms with Crippen LogP contribution in [0.15, 0.2) is 24.3 Å². The molecule has 1 atom stereocenters. The molecule has 1 fully saturated rings. The molecule has 0 bridgehead atoms. The zero-order chi connectivity index (χ0) is 13.0. The van der Waals surface area contributed by atoms with Gasteiger partial charge in [-0.1, -0.05) is 24.3 Å². The molecule has 3 heteroatoms. The molecule has 1 unspecified atom stereocenters. The van der Waals surface area contributed by atoms with E-state index in [0.29, 0.717) is 11.9 Å². The van der Waals surface area contributed by atoms with Gasteiger partial charge in [-0.15, -0.1) is 0 Å². The number of rotatable bonds is 0. The predicted molar refractivity (Wildman–Crippen MR) is 73.3 cm³/mol. The Bertz CT molecular complexity index is 417. The zero-order valence-electron chi connectivity index (χ0n) is 11.3. The smallest absolute Gasteiger partial charge is 0.222 e. The number of carbonyl (C=O) groups excluding carboxylic acids is 1. The fourth-order valence-electron chi connectivity index (χ4n) is 2.40. The first-order valence-electron chi connectivity index (χ1n) is 6.71. The van der Waals surface area contributed by atoms with Gasteiger partial charge in [0.05, 0.1) is 0 Å². The van der Waals surface area contributed by atoms with Gasteiger partial charge < -0.3 is 10.2 Å². The van der Waals surface area contributed by atoms with Crippen LogP contribution in [0.5, 0.6) is 0 Å². The van der Waals surface area contributed by atoms with E-state index >= 15 is 0 Å². The molecule has 0 aliphatic carbocycles. The molecule has 0 spiro atoms. The summed E-state index contributed by atoms with van der Waals surface area (Å²) >= 11 is 0. The first kappa shape index (κ1) is 13.1. The Labute approximate surface area is 109 Å². The Morgan fingerprint density at radius 2 is 2.00 bits per heavy atom. The molecule has 2 heterocycles. The van der Waals surface area contributed by atoms with E-state index in [4.69, 9.17) is 0 Å². The first-order valence-corrected chi connectivity index (χ1v) is 6.71. The largest absolute Gasteiger partial charge is 0.346 e. The molecule has 0 aromatic heterocycles. The lowest BCUT2D eigenvalue weighted by Crippen LogP contribution is -2.32. The average molecular weight is 246 g/mol. The van der Waals surface area contributed by atoms with E-state index in [1.165, 1.54) is 17.5 Å². The summed E-state index contributed by atoms with van der Waals surface area (Å²) in [6.07, 6.45) is 2.99. The predicted octanol–water partition coefficient (Wildman–Crippen LogP) is 1.96. The number of nitrogens with one attached hydrogen (secondary N) is 1. The molecule has 1 amide bonds. The van der Waals surface area contributed by atoms with E-state index < -0.39 is 0 Å². The highest BCUT2D eigenvalue weighted by atomic mass is 16.2. The topological polar surface area (TPSA) is 32.3 Å². The first-order chi connectivity index (χ1) is 8.66. The molecule has 2 aliphatic heterocycles. The van der Waals surface area contributed by atoms with Crippen LogP contribution in [-0.4, -0.2) is 30.4 Å². The second kappa shape index (κ2) is 6.01. The number of amides is 1. The summed E-state index contributed by atoms with van der Waals surface area (Å²) in [5.74, 6) is 0.292. The average Bonchev–Trinajstić information content (AvgIpc) is 2.74. The van der Waals surface area contributed by atoms with Gasteiger partial charge in [-0.05, 0) is 30.9 Å². The van der Waals surface area contributed by atoms with Crippen molar-refractivity contribution >= 4 is 5.91 Å². The lowest BCUT2D eigenvalue weighted by molar-refractivity contribution is -0.126. The number of hydrogen-bond acceptors (Lipinski definition) is 2. The van der Waals surface area contributed by atoms with Gasteiger partial charge in [-0.2, -0.15) is 0 Å². The molecule has 1 aromatic carbocycles. The van der Waals surface area contributed by atoms with Crippen LogP contribution in [0.25, 0.3) is 0 Å². The monoisotopic (exact) mass is 246 g/mol. The van der Waals surface area contributed by atoms with Gasteiger partial charge >= 0.3 is 0 Å². The van der Waals surface area contributed by atoms with Crippen LogP contribution in [0.2, 0.25) is 0 Å². The van der Waals surface area contributed by atoms with E-state index in [-0.39, 0.29) is 0 Å². The number of hydrogen-bond donors (Lipinski definition) is 1. The van der Waals surface area contributed by atoms with Gasteiger partial charge in [-0.25, -0.2) is 0 Å². The van der Waals surface area contributed by atoms with Gasteiger partial charge in [0.15, 0.2) is 0 Å². The van der Waals surface area contributed by atoms with Crippen molar-refractivity contribution in [3.63, 3.8) is 0 Å². The number of likely N-dealkylation sites (tertiary alicyclic amines) is 1. The maximum atomic E-state index is 10.5. The van der Waals surface area contributed by atoms with Gasteiger partial charge in [0.1, 0.15) is 0 Å². The number of fused-ring (bicyclic) bond motifs is 1. The summed E-state index contributed by atoms with van der Waals surface area (Å²) in [7, 11) is 1.84. The van der Waals surface area contributed by atoms with Crippen molar-refractivity contribution in [3.8, 4) is 0 Å². The normalized spacial score (nSPS) is 22.2. The SMILES string of the molecule is CC1Cc2ccccc2CN1.CN1CCCC1=O. The van der Waals surface area contributed by atoms with Crippen molar-refractivity contribution < 1.29 is 4.79 Å². The molecule has 98 valence electrons. The molecule has 0 saturated carbocycles. The minimum Gasteiger partial charge on any atom is -0.346 e. The summed E-state index contributed by atoms with van der Waals surface area (Å²) in [5.41, 5.74) is 2.98. The number of nitrogens with zero attached hydrogens (tertiary/aromatic N) is 1. The van der Waals surface area contributed by atoms with E-state index in [2.05, 4.69) is 36.5 Å². The van der Waals surface area contributed by atoms with Crippen molar-refractivity contribution in [2.75, 3.05) is 13.6 Å². The molecule has 1 N–H and O–H groups in total. The van der Waals surface area contributed by atoms with Gasteiger partial charge in [0.25, 0.3) is 0 Å². The Kier molecular flexibility index (Phi) is 4.37. The molecule has 1 aromatic rings. The second-order valence-corrected chi connectivity index (χ2v) is 5.17. The fourth-order valence-corrected chi connectivity index (χ4v) is 2.40. The van der Waals surface area contributed by atoms with E-state index in [1.54, 1.807) is 4.90 Å². The Balaban J connectivity index is 0.000000149. The standard InChI is InChI=1S/C10H13N.C5H9NO/c1-8-6-9-4-2-3-5-10(9)7-11-8;1-6-4-2-3-5(6)7/h2-5,8,11H,6-7H2,1H3;2-4H2,1H3. The Morgan fingerprint density at radius 3 is 2.56 bits per heavy atom. The van der Waals surface area contributed by atoms with E-state index in [0.717, 1.165) is 25.9 Å². The highest BCUT2D eigenvalue weighted by Gasteiger charge is 2.14. The zero-order valence-corrected chi connectivity index (χ0v) is 11.3. The molecule has 18 heavy (non-hydrogen) atoms. The lowest BCUT2D eigenvalue weighted by Gasteiger charge is -2.22. The second-order valence-electron chi connectivity index (χ2n) is 5.17. The molecule has 2 aliphatic rings. The fraction of sp³-hybridized carbons (Fsp3) is 0.533. The van der Waals surface area contributed by atoms with Crippen molar-refractivity contribution in [3.05, 3.63) is 35.4 Å². The Morgan fingerprint density at radius 1 is 1.28 bits per heavy atom. The van der Waals surface area contributed by atoms with Gasteiger partial charge in [-0.3, -0.25) is 4.79 Å². The summed E-state index contributed by atoms with van der Waals surface area (Å²) < 4.78 is 0. The minimum atomic E-state index is 0.292. The molecule has 3 nitrogen and oxygen atoms in total. The summed E-state index contributed by atoms with van der Waals surface area (Å²) in [6.45, 7) is 4.23. The van der Waals surface area contributed by atoms with Crippen LogP contribution >= 0.6 is 0 Å². The van der Waals surface area contributed by atoms with E-state index in [9.17, 15) is 4.79 Å². The third-order valence-electron chi connectivity index (χ3n) is 3.60.